The second-order valence-electron chi connectivity index (χ2n) is 4.68. The summed E-state index contributed by atoms with van der Waals surface area (Å²) in [6.45, 7) is 1.92. The third-order valence-corrected chi connectivity index (χ3v) is 3.00. The summed E-state index contributed by atoms with van der Waals surface area (Å²) in [5.41, 5.74) is 0.913. The number of rotatable bonds is 7. The summed E-state index contributed by atoms with van der Waals surface area (Å²) in [5.74, 6) is -1.06. The molecule has 1 unspecified atom stereocenters. The first kappa shape index (κ1) is 16.9. The molecule has 0 saturated heterocycles. The van der Waals surface area contributed by atoms with Gasteiger partial charge in [0.05, 0.1) is 19.6 Å². The Morgan fingerprint density at radius 3 is 2.57 bits per heavy atom. The van der Waals surface area contributed by atoms with Gasteiger partial charge in [-0.1, -0.05) is 37.3 Å². The highest BCUT2D eigenvalue weighted by Crippen LogP contribution is 2.06. The first-order valence-corrected chi connectivity index (χ1v) is 6.79. The van der Waals surface area contributed by atoms with Gasteiger partial charge in [0, 0.05) is 19.2 Å². The lowest BCUT2D eigenvalue weighted by molar-refractivity contribution is -0.146. The van der Waals surface area contributed by atoms with Gasteiger partial charge in [-0.2, -0.15) is 0 Å². The third-order valence-electron chi connectivity index (χ3n) is 3.00. The van der Waals surface area contributed by atoms with Crippen molar-refractivity contribution in [2.75, 3.05) is 26.8 Å². The Morgan fingerprint density at radius 2 is 2.00 bits per heavy atom. The normalized spacial score (nSPS) is 12.1. The van der Waals surface area contributed by atoms with Gasteiger partial charge in [0.15, 0.2) is 0 Å². The van der Waals surface area contributed by atoms with Crippen molar-refractivity contribution in [2.45, 2.75) is 6.92 Å². The molecule has 1 aromatic rings. The minimum absolute atomic E-state index is 0.154. The fourth-order valence-corrected chi connectivity index (χ4v) is 1.86. The van der Waals surface area contributed by atoms with Crippen LogP contribution in [0.3, 0.4) is 0 Å². The topological polar surface area (TPSA) is 66.8 Å². The lowest BCUT2D eigenvalue weighted by atomic mass is 10.1. The largest absolute Gasteiger partial charge is 0.469 e. The van der Waals surface area contributed by atoms with Crippen molar-refractivity contribution >= 4 is 18.0 Å². The van der Waals surface area contributed by atoms with Crippen molar-refractivity contribution in [3.05, 3.63) is 42.0 Å². The number of ether oxygens (including phenoxy) is 1. The number of aliphatic hydroxyl groups is 1. The average Bonchev–Trinajstić information content (AvgIpc) is 2.52. The van der Waals surface area contributed by atoms with E-state index in [9.17, 15) is 9.59 Å². The van der Waals surface area contributed by atoms with Crippen molar-refractivity contribution in [3.8, 4) is 0 Å². The van der Waals surface area contributed by atoms with Gasteiger partial charge >= 0.3 is 5.97 Å². The maximum absolute atomic E-state index is 12.1. The molecule has 1 N–H and O–H groups in total. The average molecular weight is 291 g/mol. The summed E-state index contributed by atoms with van der Waals surface area (Å²) in [6, 6.07) is 9.44. The zero-order chi connectivity index (χ0) is 15.7. The molecule has 0 bridgehead atoms. The minimum atomic E-state index is -0.435. The Morgan fingerprint density at radius 1 is 1.33 bits per heavy atom. The van der Waals surface area contributed by atoms with Gasteiger partial charge in [0.25, 0.3) is 0 Å². The Bertz CT molecular complexity index is 484. The van der Waals surface area contributed by atoms with Crippen LogP contribution in [0.25, 0.3) is 6.08 Å². The first-order chi connectivity index (χ1) is 10.1. The first-order valence-electron chi connectivity index (χ1n) is 6.79. The molecular weight excluding hydrogens is 270 g/mol. The lowest BCUT2D eigenvalue weighted by Gasteiger charge is -2.22. The van der Waals surface area contributed by atoms with Crippen LogP contribution in [-0.2, 0) is 14.3 Å². The predicted octanol–water partition coefficient (Wildman–Crippen LogP) is 1.33. The van der Waals surface area contributed by atoms with E-state index in [4.69, 9.17) is 5.11 Å². The van der Waals surface area contributed by atoms with Crippen LogP contribution in [0.2, 0.25) is 0 Å². The van der Waals surface area contributed by atoms with E-state index in [1.807, 2.05) is 30.3 Å². The fraction of sp³-hybridized carbons (Fsp3) is 0.375. The Kier molecular flexibility index (Phi) is 7.18. The highest BCUT2D eigenvalue weighted by molar-refractivity contribution is 5.92. The Labute approximate surface area is 124 Å². The van der Waals surface area contributed by atoms with Gasteiger partial charge in [0.1, 0.15) is 0 Å². The predicted molar refractivity (Wildman–Crippen MR) is 80.3 cm³/mol. The maximum atomic E-state index is 12.1. The summed E-state index contributed by atoms with van der Waals surface area (Å²) in [6.07, 6.45) is 3.14. The number of carbonyl (C=O) groups is 2. The van der Waals surface area contributed by atoms with E-state index < -0.39 is 5.92 Å². The van der Waals surface area contributed by atoms with Gasteiger partial charge in [0.2, 0.25) is 5.91 Å². The monoisotopic (exact) mass is 291 g/mol. The number of nitrogens with zero attached hydrogens (tertiary/aromatic N) is 1. The molecule has 0 aliphatic carbocycles. The number of aliphatic hydroxyl groups excluding tert-OH is 1. The van der Waals surface area contributed by atoms with Crippen molar-refractivity contribution in [1.82, 2.24) is 4.90 Å². The van der Waals surface area contributed by atoms with Crippen LogP contribution in [0, 0.1) is 5.92 Å². The molecule has 5 heteroatoms. The number of hydrogen-bond acceptors (Lipinski definition) is 4. The smallest absolute Gasteiger partial charge is 0.310 e. The molecule has 1 rings (SSSR count). The molecular formula is C16H21NO4. The fourth-order valence-electron chi connectivity index (χ4n) is 1.86. The zero-order valence-corrected chi connectivity index (χ0v) is 12.4. The molecule has 0 spiro atoms. The summed E-state index contributed by atoms with van der Waals surface area (Å²) in [5, 5.41) is 9.05. The number of amides is 1. The summed E-state index contributed by atoms with van der Waals surface area (Å²) < 4.78 is 4.64. The molecule has 5 nitrogen and oxygen atoms in total. The summed E-state index contributed by atoms with van der Waals surface area (Å²) >= 11 is 0. The van der Waals surface area contributed by atoms with Gasteiger partial charge in [-0.05, 0) is 11.6 Å². The molecule has 1 atom stereocenters. The molecule has 0 aliphatic heterocycles. The van der Waals surface area contributed by atoms with Gasteiger partial charge < -0.3 is 14.7 Å². The summed E-state index contributed by atoms with van der Waals surface area (Å²) in [4.78, 5) is 25.0. The standard InChI is InChI=1S/C16H21NO4/c1-13(16(20)21-2)12-17(10-11-18)15(19)9-8-14-6-4-3-5-7-14/h3-9,13,18H,10-12H2,1-2H3/b9-8+. The second-order valence-corrected chi connectivity index (χ2v) is 4.68. The molecule has 1 aromatic carbocycles. The molecule has 1 amide bonds. The van der Waals surface area contributed by atoms with Crippen LogP contribution >= 0.6 is 0 Å². The molecule has 0 aliphatic rings. The molecule has 0 heterocycles. The van der Waals surface area contributed by atoms with E-state index in [0.717, 1.165) is 5.56 Å². The van der Waals surface area contributed by atoms with E-state index in [2.05, 4.69) is 4.74 Å². The Balaban J connectivity index is 2.69. The minimum Gasteiger partial charge on any atom is -0.469 e. The molecule has 114 valence electrons. The van der Waals surface area contributed by atoms with Gasteiger partial charge in [-0.3, -0.25) is 9.59 Å². The van der Waals surface area contributed by atoms with E-state index in [-0.39, 0.29) is 31.6 Å². The van der Waals surface area contributed by atoms with E-state index in [0.29, 0.717) is 0 Å². The number of esters is 1. The molecule has 0 radical (unpaired) electrons. The van der Waals surface area contributed by atoms with E-state index in [1.54, 1.807) is 13.0 Å². The molecule has 0 aromatic heterocycles. The van der Waals surface area contributed by atoms with Crippen LogP contribution in [0.1, 0.15) is 12.5 Å². The van der Waals surface area contributed by atoms with Crippen molar-refractivity contribution in [2.24, 2.45) is 5.92 Å². The van der Waals surface area contributed by atoms with Crippen molar-refractivity contribution in [3.63, 3.8) is 0 Å². The number of carbonyl (C=O) groups excluding carboxylic acids is 2. The van der Waals surface area contributed by atoms with Crippen LogP contribution in [0.4, 0.5) is 0 Å². The van der Waals surface area contributed by atoms with Crippen LogP contribution < -0.4 is 0 Å². The summed E-state index contributed by atoms with van der Waals surface area (Å²) in [7, 11) is 1.31. The molecule has 0 saturated carbocycles. The van der Waals surface area contributed by atoms with Crippen molar-refractivity contribution in [1.29, 1.82) is 0 Å². The number of hydrogen-bond donors (Lipinski definition) is 1. The maximum Gasteiger partial charge on any atom is 0.310 e. The highest BCUT2D eigenvalue weighted by Gasteiger charge is 2.19. The van der Waals surface area contributed by atoms with Gasteiger partial charge in [-0.25, -0.2) is 0 Å². The lowest BCUT2D eigenvalue weighted by Crippen LogP contribution is -2.38. The van der Waals surface area contributed by atoms with Crippen LogP contribution in [0.15, 0.2) is 36.4 Å². The van der Waals surface area contributed by atoms with Crippen LogP contribution in [0.5, 0.6) is 0 Å². The third kappa shape index (κ3) is 5.79. The van der Waals surface area contributed by atoms with Crippen LogP contribution in [-0.4, -0.2) is 48.7 Å². The Hall–Kier alpha value is -2.14. The van der Waals surface area contributed by atoms with E-state index >= 15 is 0 Å². The SMILES string of the molecule is COC(=O)C(C)CN(CCO)C(=O)/C=C/c1ccccc1. The number of benzene rings is 1. The quantitative estimate of drug-likeness (QED) is 0.608. The molecule has 0 fully saturated rings. The number of methoxy groups -OCH3 is 1. The van der Waals surface area contributed by atoms with E-state index in [1.165, 1.54) is 18.1 Å². The van der Waals surface area contributed by atoms with Crippen molar-refractivity contribution < 1.29 is 19.4 Å². The highest BCUT2D eigenvalue weighted by atomic mass is 16.5. The van der Waals surface area contributed by atoms with Gasteiger partial charge in [-0.15, -0.1) is 0 Å². The second kappa shape index (κ2) is 8.92. The molecule has 21 heavy (non-hydrogen) atoms. The zero-order valence-electron chi connectivity index (χ0n) is 12.4.